The van der Waals surface area contributed by atoms with E-state index in [0.717, 1.165) is 5.69 Å². The van der Waals surface area contributed by atoms with E-state index in [0.29, 0.717) is 18.5 Å². The van der Waals surface area contributed by atoms with Crippen LogP contribution in [0.5, 0.6) is 0 Å². The molecule has 1 aromatic rings. The Hall–Kier alpha value is -2.11. The number of anilines is 1. The normalized spacial score (nSPS) is 22.2. The topological polar surface area (TPSA) is 84.2 Å². The Bertz CT molecular complexity index is 533. The molecule has 19 heavy (non-hydrogen) atoms. The molecule has 0 bridgehead atoms. The van der Waals surface area contributed by atoms with E-state index in [4.69, 9.17) is 5.11 Å². The summed E-state index contributed by atoms with van der Waals surface area (Å²) in [5.74, 6) is -2.36. The third-order valence-electron chi connectivity index (χ3n) is 3.58. The number of hydrogen-bond acceptors (Lipinski definition) is 3. The van der Waals surface area contributed by atoms with Gasteiger partial charge in [-0.25, -0.2) is 0 Å². The number of carbonyl (C=O) groups excluding carboxylic acids is 1. The maximum atomic E-state index is 12.2. The number of nitrogens with zero attached hydrogens (tertiary/aromatic N) is 2. The highest BCUT2D eigenvalue weighted by atomic mass is 16.4. The average molecular weight is 263 g/mol. The van der Waals surface area contributed by atoms with Gasteiger partial charge in [0.2, 0.25) is 5.91 Å². The second-order valence-electron chi connectivity index (χ2n) is 4.75. The molecule has 1 amide bonds. The summed E-state index contributed by atoms with van der Waals surface area (Å²) in [6.07, 6.45) is 6.11. The maximum absolute atomic E-state index is 12.2. The van der Waals surface area contributed by atoms with Crippen LogP contribution in [-0.4, -0.2) is 26.8 Å². The zero-order valence-electron chi connectivity index (χ0n) is 11.0. The standard InChI is InChI=1S/C13H17N3O3/c1-8-11(7-14-16(8)2)15-12(17)9-5-3-4-6-10(9)13(18)19/h3-4,7,9-10H,5-6H2,1-2H3,(H,15,17)(H,18,19)/t9-,10-/m1/s1. The van der Waals surface area contributed by atoms with Crippen molar-refractivity contribution in [1.82, 2.24) is 9.78 Å². The molecule has 1 aliphatic carbocycles. The average Bonchev–Trinajstić information content (AvgIpc) is 2.70. The van der Waals surface area contributed by atoms with Gasteiger partial charge in [0.05, 0.1) is 29.4 Å². The molecule has 0 fully saturated rings. The minimum absolute atomic E-state index is 0.257. The first kappa shape index (κ1) is 13.3. The van der Waals surface area contributed by atoms with Crippen LogP contribution in [0.2, 0.25) is 0 Å². The molecule has 102 valence electrons. The van der Waals surface area contributed by atoms with Crippen LogP contribution >= 0.6 is 0 Å². The molecule has 2 rings (SSSR count). The molecule has 2 N–H and O–H groups in total. The first-order chi connectivity index (χ1) is 9.00. The van der Waals surface area contributed by atoms with E-state index in [1.54, 1.807) is 17.9 Å². The number of nitrogens with one attached hydrogen (secondary N) is 1. The number of amides is 1. The molecular formula is C13H17N3O3. The summed E-state index contributed by atoms with van der Waals surface area (Å²) in [5, 5.41) is 16.0. The first-order valence-corrected chi connectivity index (χ1v) is 6.18. The van der Waals surface area contributed by atoms with E-state index in [2.05, 4.69) is 10.4 Å². The summed E-state index contributed by atoms with van der Waals surface area (Å²) in [4.78, 5) is 23.4. The van der Waals surface area contributed by atoms with Gasteiger partial charge in [0.1, 0.15) is 0 Å². The molecule has 1 aromatic heterocycles. The van der Waals surface area contributed by atoms with Crippen molar-refractivity contribution < 1.29 is 14.7 Å². The van der Waals surface area contributed by atoms with E-state index in [1.807, 2.05) is 19.1 Å². The van der Waals surface area contributed by atoms with Crippen LogP contribution < -0.4 is 5.32 Å². The van der Waals surface area contributed by atoms with Crippen LogP contribution in [0.15, 0.2) is 18.3 Å². The van der Waals surface area contributed by atoms with Crippen LogP contribution in [0.1, 0.15) is 18.5 Å². The quantitative estimate of drug-likeness (QED) is 0.806. The van der Waals surface area contributed by atoms with Gasteiger partial charge in [0, 0.05) is 7.05 Å². The smallest absolute Gasteiger partial charge is 0.307 e. The molecular weight excluding hydrogens is 246 g/mol. The summed E-state index contributed by atoms with van der Waals surface area (Å²) in [6.45, 7) is 1.85. The third kappa shape index (κ3) is 2.67. The molecule has 6 nitrogen and oxygen atoms in total. The van der Waals surface area contributed by atoms with Crippen molar-refractivity contribution in [2.24, 2.45) is 18.9 Å². The molecule has 6 heteroatoms. The Labute approximate surface area is 111 Å². The van der Waals surface area contributed by atoms with Crippen LogP contribution in [-0.2, 0) is 16.6 Å². The number of carbonyl (C=O) groups is 2. The van der Waals surface area contributed by atoms with E-state index in [1.165, 1.54) is 0 Å². The van der Waals surface area contributed by atoms with Crippen LogP contribution in [0.4, 0.5) is 5.69 Å². The van der Waals surface area contributed by atoms with Crippen molar-refractivity contribution in [3.63, 3.8) is 0 Å². The van der Waals surface area contributed by atoms with Gasteiger partial charge in [-0.2, -0.15) is 5.10 Å². The number of aliphatic carboxylic acids is 1. The van der Waals surface area contributed by atoms with Gasteiger partial charge in [-0.1, -0.05) is 12.2 Å². The number of rotatable bonds is 3. The van der Waals surface area contributed by atoms with Gasteiger partial charge < -0.3 is 10.4 Å². The minimum atomic E-state index is -0.924. The predicted octanol–water partition coefficient (Wildman–Crippen LogP) is 1.33. The molecule has 0 spiro atoms. The second-order valence-corrected chi connectivity index (χ2v) is 4.75. The van der Waals surface area contributed by atoms with Crippen molar-refractivity contribution in [2.45, 2.75) is 19.8 Å². The van der Waals surface area contributed by atoms with Crippen LogP contribution in [0.3, 0.4) is 0 Å². The molecule has 0 radical (unpaired) electrons. The Morgan fingerprint density at radius 2 is 2.00 bits per heavy atom. The molecule has 0 aromatic carbocycles. The SMILES string of the molecule is Cc1c(NC(=O)[C@@H]2CC=CC[C@H]2C(=O)O)cnn1C. The fourth-order valence-electron chi connectivity index (χ4n) is 2.22. The molecule has 0 aliphatic heterocycles. The van der Waals surface area contributed by atoms with Crippen molar-refractivity contribution in [3.8, 4) is 0 Å². The number of carboxylic acids is 1. The lowest BCUT2D eigenvalue weighted by atomic mass is 9.82. The molecule has 1 heterocycles. The molecule has 0 saturated heterocycles. The Balaban J connectivity index is 2.12. The molecule has 0 unspecified atom stereocenters. The summed E-state index contributed by atoms with van der Waals surface area (Å²) >= 11 is 0. The number of aryl methyl sites for hydroxylation is 1. The summed E-state index contributed by atoms with van der Waals surface area (Å²) in [5.41, 5.74) is 1.47. The van der Waals surface area contributed by atoms with Gasteiger partial charge in [-0.15, -0.1) is 0 Å². The van der Waals surface area contributed by atoms with Crippen LogP contribution in [0, 0.1) is 18.8 Å². The van der Waals surface area contributed by atoms with Gasteiger partial charge in [-0.3, -0.25) is 14.3 Å². The Morgan fingerprint density at radius 1 is 1.37 bits per heavy atom. The lowest BCUT2D eigenvalue weighted by molar-refractivity contribution is -0.146. The largest absolute Gasteiger partial charge is 0.481 e. The lowest BCUT2D eigenvalue weighted by Crippen LogP contribution is -2.34. The number of aromatic nitrogens is 2. The van der Waals surface area contributed by atoms with Crippen molar-refractivity contribution in [2.75, 3.05) is 5.32 Å². The number of carboxylic acid groups (broad SMARTS) is 1. The summed E-state index contributed by atoms with van der Waals surface area (Å²) in [7, 11) is 1.79. The van der Waals surface area contributed by atoms with Crippen LogP contribution in [0.25, 0.3) is 0 Å². The van der Waals surface area contributed by atoms with Gasteiger partial charge >= 0.3 is 5.97 Å². The summed E-state index contributed by atoms with van der Waals surface area (Å²) < 4.78 is 1.66. The van der Waals surface area contributed by atoms with Crippen molar-refractivity contribution >= 4 is 17.6 Å². The summed E-state index contributed by atoms with van der Waals surface area (Å²) in [6, 6.07) is 0. The second kappa shape index (κ2) is 5.26. The highest BCUT2D eigenvalue weighted by Gasteiger charge is 2.34. The molecule has 2 atom stereocenters. The zero-order chi connectivity index (χ0) is 14.0. The van der Waals surface area contributed by atoms with Gasteiger partial charge in [0.15, 0.2) is 0 Å². The molecule has 1 aliphatic rings. The third-order valence-corrected chi connectivity index (χ3v) is 3.58. The van der Waals surface area contributed by atoms with E-state index >= 15 is 0 Å². The highest BCUT2D eigenvalue weighted by Crippen LogP contribution is 2.27. The lowest BCUT2D eigenvalue weighted by Gasteiger charge is -2.24. The number of allylic oxidation sites excluding steroid dienone is 2. The van der Waals surface area contributed by atoms with E-state index in [9.17, 15) is 9.59 Å². The predicted molar refractivity (Wildman–Crippen MR) is 69.6 cm³/mol. The maximum Gasteiger partial charge on any atom is 0.307 e. The minimum Gasteiger partial charge on any atom is -0.481 e. The van der Waals surface area contributed by atoms with Gasteiger partial charge in [0.25, 0.3) is 0 Å². The monoisotopic (exact) mass is 263 g/mol. The van der Waals surface area contributed by atoms with Crippen molar-refractivity contribution in [1.29, 1.82) is 0 Å². The Morgan fingerprint density at radius 3 is 2.53 bits per heavy atom. The van der Waals surface area contributed by atoms with E-state index < -0.39 is 17.8 Å². The Kier molecular flexibility index (Phi) is 3.69. The van der Waals surface area contributed by atoms with Gasteiger partial charge in [-0.05, 0) is 19.8 Å². The fourth-order valence-corrected chi connectivity index (χ4v) is 2.22. The highest BCUT2D eigenvalue weighted by molar-refractivity contribution is 5.95. The van der Waals surface area contributed by atoms with Crippen molar-refractivity contribution in [3.05, 3.63) is 24.0 Å². The number of hydrogen-bond donors (Lipinski definition) is 2. The fraction of sp³-hybridized carbons (Fsp3) is 0.462. The first-order valence-electron chi connectivity index (χ1n) is 6.18. The zero-order valence-corrected chi connectivity index (χ0v) is 11.0. The van der Waals surface area contributed by atoms with E-state index in [-0.39, 0.29) is 5.91 Å². The molecule has 0 saturated carbocycles.